The van der Waals surface area contributed by atoms with Crippen molar-refractivity contribution in [2.24, 2.45) is 0 Å². The van der Waals surface area contributed by atoms with Gasteiger partial charge in [0.25, 0.3) is 0 Å². The highest BCUT2D eigenvalue weighted by Crippen LogP contribution is 2.22. The van der Waals surface area contributed by atoms with Crippen LogP contribution >= 0.6 is 23.2 Å². The van der Waals surface area contributed by atoms with Gasteiger partial charge < -0.3 is 10.0 Å². The molecule has 2 rings (SSSR count). The Labute approximate surface area is 143 Å². The van der Waals surface area contributed by atoms with E-state index in [1.54, 1.807) is 6.07 Å². The molecule has 0 aliphatic carbocycles. The predicted molar refractivity (Wildman–Crippen MR) is 92.7 cm³/mol. The van der Waals surface area contributed by atoms with Crippen LogP contribution in [0.25, 0.3) is 0 Å². The second-order valence-electron chi connectivity index (χ2n) is 6.19. The van der Waals surface area contributed by atoms with E-state index < -0.39 is 0 Å². The summed E-state index contributed by atoms with van der Waals surface area (Å²) >= 11 is 12.1. The highest BCUT2D eigenvalue weighted by molar-refractivity contribution is 6.35. The molecular weight excluding hydrogens is 321 g/mol. The molecule has 0 bridgehead atoms. The molecule has 0 amide bonds. The minimum absolute atomic E-state index is 0.348. The molecule has 22 heavy (non-hydrogen) atoms. The lowest BCUT2D eigenvalue weighted by atomic mass is 10.2. The number of rotatable bonds is 6. The van der Waals surface area contributed by atoms with E-state index in [2.05, 4.69) is 21.7 Å². The number of benzene rings is 1. The van der Waals surface area contributed by atoms with E-state index in [0.717, 1.165) is 38.3 Å². The summed E-state index contributed by atoms with van der Waals surface area (Å²) in [5.41, 5.74) is 1.03. The lowest BCUT2D eigenvalue weighted by Gasteiger charge is -2.34. The molecule has 6 heteroatoms. The smallest absolute Gasteiger partial charge is 0.0793 e. The fourth-order valence-corrected chi connectivity index (χ4v) is 3.22. The van der Waals surface area contributed by atoms with Crippen LogP contribution in [0, 0.1) is 0 Å². The van der Waals surface area contributed by atoms with Gasteiger partial charge in [0.1, 0.15) is 0 Å². The molecule has 1 aliphatic rings. The van der Waals surface area contributed by atoms with Crippen LogP contribution in [-0.4, -0.2) is 79.3 Å². The zero-order valence-electron chi connectivity index (χ0n) is 13.3. The zero-order valence-corrected chi connectivity index (χ0v) is 14.8. The maximum Gasteiger partial charge on any atom is 0.0793 e. The molecule has 1 unspecified atom stereocenters. The van der Waals surface area contributed by atoms with Gasteiger partial charge in [-0.1, -0.05) is 29.3 Å². The van der Waals surface area contributed by atoms with E-state index in [-0.39, 0.29) is 6.10 Å². The van der Waals surface area contributed by atoms with Crippen LogP contribution in [0.2, 0.25) is 10.0 Å². The first-order valence-corrected chi connectivity index (χ1v) is 8.41. The molecule has 1 aromatic rings. The summed E-state index contributed by atoms with van der Waals surface area (Å²) in [6.45, 7) is 6.26. The van der Waals surface area contributed by atoms with Gasteiger partial charge in [-0.3, -0.25) is 9.80 Å². The molecule has 1 saturated heterocycles. The van der Waals surface area contributed by atoms with Gasteiger partial charge in [-0.15, -0.1) is 0 Å². The number of aliphatic hydroxyl groups excluding tert-OH is 1. The van der Waals surface area contributed by atoms with Gasteiger partial charge >= 0.3 is 0 Å². The fourth-order valence-electron chi connectivity index (χ4n) is 2.75. The minimum atomic E-state index is -0.348. The zero-order chi connectivity index (χ0) is 16.1. The van der Waals surface area contributed by atoms with Gasteiger partial charge in [-0.2, -0.15) is 0 Å². The Bertz CT molecular complexity index is 478. The van der Waals surface area contributed by atoms with Crippen molar-refractivity contribution >= 4 is 23.2 Å². The third-order valence-electron chi connectivity index (χ3n) is 4.04. The normalized spacial score (nSPS) is 18.8. The Morgan fingerprint density at radius 1 is 1.23 bits per heavy atom. The van der Waals surface area contributed by atoms with Gasteiger partial charge in [-0.05, 0) is 31.8 Å². The number of β-amino-alcohol motifs (C(OH)–C–C–N with tert-alkyl or cyclic N) is 1. The molecule has 0 saturated carbocycles. The lowest BCUT2D eigenvalue weighted by molar-refractivity contribution is 0.0594. The maximum atomic E-state index is 10.3. The summed E-state index contributed by atoms with van der Waals surface area (Å²) in [5, 5.41) is 11.6. The molecule has 1 aliphatic heterocycles. The van der Waals surface area contributed by atoms with E-state index in [1.165, 1.54) is 0 Å². The summed E-state index contributed by atoms with van der Waals surface area (Å²) in [4.78, 5) is 6.74. The van der Waals surface area contributed by atoms with Crippen LogP contribution in [0.4, 0.5) is 0 Å². The van der Waals surface area contributed by atoms with Gasteiger partial charge in [0, 0.05) is 55.9 Å². The van der Waals surface area contributed by atoms with Crippen molar-refractivity contribution in [1.29, 1.82) is 0 Å². The Morgan fingerprint density at radius 2 is 1.91 bits per heavy atom. The summed E-state index contributed by atoms with van der Waals surface area (Å²) in [6.07, 6.45) is -0.348. The van der Waals surface area contributed by atoms with E-state index in [0.29, 0.717) is 23.1 Å². The van der Waals surface area contributed by atoms with Crippen molar-refractivity contribution in [2.75, 3.05) is 53.4 Å². The van der Waals surface area contributed by atoms with Crippen LogP contribution in [0.3, 0.4) is 0 Å². The van der Waals surface area contributed by atoms with Gasteiger partial charge in [0.05, 0.1) is 6.10 Å². The molecule has 0 radical (unpaired) electrons. The van der Waals surface area contributed by atoms with Crippen molar-refractivity contribution in [1.82, 2.24) is 14.7 Å². The minimum Gasteiger partial charge on any atom is -0.390 e. The monoisotopic (exact) mass is 345 g/mol. The molecule has 1 atom stereocenters. The van der Waals surface area contributed by atoms with Crippen molar-refractivity contribution < 1.29 is 5.11 Å². The molecule has 0 aromatic heterocycles. The third kappa shape index (κ3) is 5.69. The summed E-state index contributed by atoms with van der Waals surface area (Å²) in [7, 11) is 4.13. The predicted octanol–water partition coefficient (Wildman–Crippen LogP) is 2.03. The second kappa shape index (κ2) is 8.48. The quantitative estimate of drug-likeness (QED) is 0.854. The summed E-state index contributed by atoms with van der Waals surface area (Å²) in [5.74, 6) is 0. The van der Waals surface area contributed by atoms with Crippen LogP contribution in [0.1, 0.15) is 5.56 Å². The third-order valence-corrected chi connectivity index (χ3v) is 4.63. The highest BCUT2D eigenvalue weighted by Gasteiger charge is 2.18. The van der Waals surface area contributed by atoms with Gasteiger partial charge in [-0.25, -0.2) is 0 Å². The number of aliphatic hydroxyl groups is 1. The molecular formula is C16H25Cl2N3O. The molecule has 1 heterocycles. The molecule has 1 fully saturated rings. The molecule has 1 aromatic carbocycles. The topological polar surface area (TPSA) is 30.0 Å². The number of hydrogen-bond donors (Lipinski definition) is 1. The number of halogens is 2. The van der Waals surface area contributed by atoms with Crippen LogP contribution in [0.5, 0.6) is 0 Å². The Morgan fingerprint density at radius 3 is 2.55 bits per heavy atom. The van der Waals surface area contributed by atoms with Gasteiger partial charge in [0.15, 0.2) is 0 Å². The Hall–Kier alpha value is -0.360. The standard InChI is InChI=1S/C16H25Cl2N3O/c1-19-5-7-21(8-6-19)12-15(22)11-20(2)10-13-3-4-14(17)9-16(13)18/h3-4,9,15,22H,5-8,10-12H2,1-2H3. The maximum absolute atomic E-state index is 10.3. The summed E-state index contributed by atoms with van der Waals surface area (Å²) < 4.78 is 0. The second-order valence-corrected chi connectivity index (χ2v) is 7.03. The van der Waals surface area contributed by atoms with E-state index in [9.17, 15) is 5.11 Å². The molecule has 124 valence electrons. The van der Waals surface area contributed by atoms with E-state index in [4.69, 9.17) is 23.2 Å². The number of piperazine rings is 1. The molecule has 4 nitrogen and oxygen atoms in total. The average Bonchev–Trinajstić information content (AvgIpc) is 2.44. The molecule has 0 spiro atoms. The largest absolute Gasteiger partial charge is 0.390 e. The van der Waals surface area contributed by atoms with Crippen LogP contribution < -0.4 is 0 Å². The SMILES string of the molecule is CN1CCN(CC(O)CN(C)Cc2ccc(Cl)cc2Cl)CC1. The van der Waals surface area contributed by atoms with Crippen molar-refractivity contribution in [3.05, 3.63) is 33.8 Å². The summed E-state index contributed by atoms with van der Waals surface area (Å²) in [6, 6.07) is 5.54. The first kappa shape index (κ1) is 18.0. The Balaban J connectivity index is 1.77. The van der Waals surface area contributed by atoms with E-state index in [1.807, 2.05) is 19.2 Å². The number of hydrogen-bond acceptors (Lipinski definition) is 4. The first-order chi connectivity index (χ1) is 10.4. The van der Waals surface area contributed by atoms with Gasteiger partial charge in [0.2, 0.25) is 0 Å². The Kier molecular flexibility index (Phi) is 6.93. The van der Waals surface area contributed by atoms with Crippen molar-refractivity contribution in [3.63, 3.8) is 0 Å². The van der Waals surface area contributed by atoms with Crippen molar-refractivity contribution in [3.8, 4) is 0 Å². The highest BCUT2D eigenvalue weighted by atomic mass is 35.5. The number of likely N-dealkylation sites (N-methyl/N-ethyl adjacent to an activating group) is 2. The fraction of sp³-hybridized carbons (Fsp3) is 0.625. The average molecular weight is 346 g/mol. The van der Waals surface area contributed by atoms with Crippen LogP contribution in [0.15, 0.2) is 18.2 Å². The molecule has 1 N–H and O–H groups in total. The van der Waals surface area contributed by atoms with Crippen LogP contribution in [-0.2, 0) is 6.54 Å². The van der Waals surface area contributed by atoms with E-state index >= 15 is 0 Å². The number of nitrogens with zero attached hydrogens (tertiary/aromatic N) is 3. The van der Waals surface area contributed by atoms with Crippen molar-refractivity contribution in [2.45, 2.75) is 12.6 Å². The lowest BCUT2D eigenvalue weighted by Crippen LogP contribution is -2.48. The first-order valence-electron chi connectivity index (χ1n) is 7.65.